The fraction of sp³-hybridized carbons (Fsp3) is 0.519. The Morgan fingerprint density at radius 3 is 2.56 bits per heavy atom. The molecule has 4 rings (SSSR count). The van der Waals surface area contributed by atoms with E-state index in [0.29, 0.717) is 16.9 Å². The zero-order valence-corrected chi connectivity index (χ0v) is 20.1. The van der Waals surface area contributed by atoms with Crippen molar-refractivity contribution in [1.29, 1.82) is 0 Å². The van der Waals surface area contributed by atoms with Gasteiger partial charge in [-0.3, -0.25) is 14.4 Å². The number of benzene rings is 1. The minimum atomic E-state index is -4.38. The highest BCUT2D eigenvalue weighted by molar-refractivity contribution is 6.07. The molecule has 1 fully saturated rings. The van der Waals surface area contributed by atoms with E-state index in [1.165, 1.54) is 25.1 Å². The molecule has 2 N–H and O–H groups in total. The molecule has 1 heterocycles. The van der Waals surface area contributed by atoms with E-state index in [1.54, 1.807) is 12.2 Å². The minimum absolute atomic E-state index is 0.00560. The monoisotopic (exact) mass is 505 g/mol. The van der Waals surface area contributed by atoms with E-state index in [0.717, 1.165) is 25.7 Å². The number of fused-ring (bicyclic) bond motifs is 1. The Morgan fingerprint density at radius 2 is 1.89 bits per heavy atom. The van der Waals surface area contributed by atoms with Gasteiger partial charge in [0.15, 0.2) is 5.78 Å². The lowest BCUT2D eigenvalue weighted by atomic mass is 9.68. The van der Waals surface area contributed by atoms with Crippen LogP contribution in [-0.4, -0.2) is 35.5 Å². The quantitative estimate of drug-likeness (QED) is 0.488. The third kappa shape index (κ3) is 5.34. The van der Waals surface area contributed by atoms with Gasteiger partial charge in [-0.15, -0.1) is 0 Å². The normalized spacial score (nSPS) is 25.3. The highest BCUT2D eigenvalue weighted by Crippen LogP contribution is 2.54. The molecule has 2 atom stereocenters. The number of halogens is 3. The number of hydrogen-bond acceptors (Lipinski definition) is 4. The molecular weight excluding hydrogens is 475 g/mol. The Morgan fingerprint density at radius 1 is 1.17 bits per heavy atom. The molecule has 0 aromatic heterocycles. The number of allylic oxidation sites excluding steroid dienone is 3. The van der Waals surface area contributed by atoms with Gasteiger partial charge in [-0.05, 0) is 62.3 Å². The Hall–Kier alpha value is -3.10. The van der Waals surface area contributed by atoms with E-state index in [-0.39, 0.29) is 55.2 Å². The molecule has 0 saturated heterocycles. The van der Waals surface area contributed by atoms with Gasteiger partial charge in [0.1, 0.15) is 12.4 Å². The van der Waals surface area contributed by atoms with Crippen LogP contribution in [0, 0.1) is 17.3 Å². The molecule has 1 saturated carbocycles. The Bertz CT molecular complexity index is 1120. The second kappa shape index (κ2) is 10.1. The second-order valence-electron chi connectivity index (χ2n) is 10.2. The van der Waals surface area contributed by atoms with E-state index < -0.39 is 29.4 Å². The summed E-state index contributed by atoms with van der Waals surface area (Å²) < 4.78 is 48.3. The summed E-state index contributed by atoms with van der Waals surface area (Å²) in [6.07, 6.45) is 2.02. The second-order valence-corrected chi connectivity index (χ2v) is 10.2. The summed E-state index contributed by atoms with van der Waals surface area (Å²) in [7, 11) is 0. The molecule has 6 nitrogen and oxygen atoms in total. The number of Topliss-reactive ketones (excluding diaryl/α,β-unsaturated/α-hetero) is 1. The molecule has 2 unspecified atom stereocenters. The number of nitrogens with one attached hydrogen (secondary N) is 1. The average Bonchev–Trinajstić information content (AvgIpc) is 3.33. The van der Waals surface area contributed by atoms with Gasteiger partial charge in [0, 0.05) is 17.9 Å². The van der Waals surface area contributed by atoms with Crippen molar-refractivity contribution in [2.45, 2.75) is 64.5 Å². The zero-order valence-electron chi connectivity index (χ0n) is 20.1. The number of aliphatic carboxylic acids is 1. The van der Waals surface area contributed by atoms with Crippen molar-refractivity contribution in [3.63, 3.8) is 0 Å². The highest BCUT2D eigenvalue weighted by atomic mass is 19.4. The van der Waals surface area contributed by atoms with Crippen LogP contribution in [-0.2, 0) is 9.59 Å². The summed E-state index contributed by atoms with van der Waals surface area (Å²) in [5.74, 6) is -2.39. The molecule has 3 aliphatic rings. The SMILES string of the molecule is CC1(C(F)(F)F)CC(COc2ccc3c(c2)C(=O)CCC(CC(=O)O)C(=O)N3)=CC=C1C1CCCC1. The van der Waals surface area contributed by atoms with E-state index in [9.17, 15) is 27.6 Å². The summed E-state index contributed by atoms with van der Waals surface area (Å²) in [6, 6.07) is 4.50. The van der Waals surface area contributed by atoms with Crippen molar-refractivity contribution in [1.82, 2.24) is 0 Å². The van der Waals surface area contributed by atoms with E-state index in [1.807, 2.05) is 0 Å². The van der Waals surface area contributed by atoms with Crippen LogP contribution >= 0.6 is 0 Å². The lowest BCUT2D eigenvalue weighted by Crippen LogP contribution is -2.41. The third-order valence-electron chi connectivity index (χ3n) is 7.62. The maximum atomic E-state index is 14.2. The van der Waals surface area contributed by atoms with Crippen LogP contribution in [0.25, 0.3) is 0 Å². The standard InChI is InChI=1S/C27H30F3NO5/c1-26(27(28,29)30)14-16(6-9-21(26)17-4-2-3-5-17)15-36-19-8-10-22-20(13-19)23(32)11-7-18(12-24(33)34)25(35)31-22/h6,8-10,13,17-18H,2-5,7,11-12,14-15H2,1H3,(H,31,35)(H,33,34). The number of alkyl halides is 3. The predicted octanol–water partition coefficient (Wildman–Crippen LogP) is 6.09. The number of rotatable bonds is 6. The first-order valence-electron chi connectivity index (χ1n) is 12.3. The highest BCUT2D eigenvalue weighted by Gasteiger charge is 2.55. The van der Waals surface area contributed by atoms with Gasteiger partial charge in [-0.1, -0.05) is 30.6 Å². The molecule has 0 bridgehead atoms. The van der Waals surface area contributed by atoms with Gasteiger partial charge in [0.2, 0.25) is 5.91 Å². The maximum Gasteiger partial charge on any atom is 0.398 e. The minimum Gasteiger partial charge on any atom is -0.489 e. The van der Waals surface area contributed by atoms with Crippen LogP contribution < -0.4 is 10.1 Å². The Kier molecular flexibility index (Phi) is 7.29. The average molecular weight is 506 g/mol. The number of ketones is 1. The number of carboxylic acids is 1. The number of anilines is 1. The van der Waals surface area contributed by atoms with Crippen LogP contribution in [0.15, 0.2) is 41.5 Å². The van der Waals surface area contributed by atoms with Gasteiger partial charge in [0.05, 0.1) is 17.5 Å². The van der Waals surface area contributed by atoms with Crippen molar-refractivity contribution < 1.29 is 37.4 Å². The molecule has 1 aromatic carbocycles. The van der Waals surface area contributed by atoms with Crippen LogP contribution in [0.3, 0.4) is 0 Å². The first-order chi connectivity index (χ1) is 17.0. The topological polar surface area (TPSA) is 92.7 Å². The van der Waals surface area contributed by atoms with Crippen LogP contribution in [0.4, 0.5) is 18.9 Å². The summed E-state index contributed by atoms with van der Waals surface area (Å²) in [5.41, 5.74) is -0.470. The van der Waals surface area contributed by atoms with Gasteiger partial charge >= 0.3 is 12.1 Å². The smallest absolute Gasteiger partial charge is 0.398 e. The molecule has 36 heavy (non-hydrogen) atoms. The fourth-order valence-corrected chi connectivity index (χ4v) is 5.53. The van der Waals surface area contributed by atoms with Crippen LogP contribution in [0.5, 0.6) is 5.75 Å². The van der Waals surface area contributed by atoms with Gasteiger partial charge in [-0.25, -0.2) is 0 Å². The molecule has 194 valence electrons. The maximum absolute atomic E-state index is 14.2. The number of carboxylic acid groups (broad SMARTS) is 1. The molecule has 1 aromatic rings. The lowest BCUT2D eigenvalue weighted by Gasteiger charge is -2.40. The van der Waals surface area contributed by atoms with Crippen molar-refractivity contribution >= 4 is 23.3 Å². The van der Waals surface area contributed by atoms with Crippen molar-refractivity contribution in [2.24, 2.45) is 17.3 Å². The van der Waals surface area contributed by atoms with Crippen molar-refractivity contribution in [3.05, 3.63) is 47.1 Å². The lowest BCUT2D eigenvalue weighted by molar-refractivity contribution is -0.206. The number of hydrogen-bond donors (Lipinski definition) is 2. The third-order valence-corrected chi connectivity index (χ3v) is 7.62. The molecular formula is C27H30F3NO5. The number of ether oxygens (including phenoxy) is 1. The fourth-order valence-electron chi connectivity index (χ4n) is 5.53. The zero-order chi connectivity index (χ0) is 26.1. The number of amides is 1. The molecule has 2 aliphatic carbocycles. The summed E-state index contributed by atoms with van der Waals surface area (Å²) in [4.78, 5) is 36.2. The largest absolute Gasteiger partial charge is 0.489 e. The predicted molar refractivity (Wildman–Crippen MR) is 127 cm³/mol. The number of carbonyl (C=O) groups is 3. The Balaban J connectivity index is 1.50. The summed E-state index contributed by atoms with van der Waals surface area (Å²) in [5, 5.41) is 11.6. The van der Waals surface area contributed by atoms with E-state index in [4.69, 9.17) is 9.84 Å². The van der Waals surface area contributed by atoms with Crippen LogP contribution in [0.1, 0.15) is 68.6 Å². The van der Waals surface area contributed by atoms with Gasteiger partial charge in [-0.2, -0.15) is 13.2 Å². The molecule has 1 amide bonds. The summed E-state index contributed by atoms with van der Waals surface area (Å²) in [6.45, 7) is 1.22. The molecule has 9 heteroatoms. The van der Waals surface area contributed by atoms with Crippen molar-refractivity contribution in [2.75, 3.05) is 11.9 Å². The molecule has 0 radical (unpaired) electrons. The molecule has 1 aliphatic heterocycles. The first kappa shape index (κ1) is 26.0. The molecule has 0 spiro atoms. The Labute approximate surface area is 207 Å². The van der Waals surface area contributed by atoms with Gasteiger partial charge in [0.25, 0.3) is 0 Å². The summed E-state index contributed by atoms with van der Waals surface area (Å²) >= 11 is 0. The van der Waals surface area contributed by atoms with Crippen molar-refractivity contribution in [3.8, 4) is 5.75 Å². The van der Waals surface area contributed by atoms with E-state index >= 15 is 0 Å². The van der Waals surface area contributed by atoms with Gasteiger partial charge < -0.3 is 15.2 Å². The first-order valence-corrected chi connectivity index (χ1v) is 12.3. The van der Waals surface area contributed by atoms with E-state index in [2.05, 4.69) is 5.32 Å². The number of carbonyl (C=O) groups excluding carboxylic acids is 2. The van der Waals surface area contributed by atoms with Crippen LogP contribution in [0.2, 0.25) is 0 Å².